The van der Waals surface area contributed by atoms with E-state index in [-0.39, 0.29) is 5.91 Å². The minimum Gasteiger partial charge on any atom is -0.356 e. The molecule has 0 aliphatic carbocycles. The minimum absolute atomic E-state index is 0.0939. The lowest BCUT2D eigenvalue weighted by Gasteiger charge is -2.08. The summed E-state index contributed by atoms with van der Waals surface area (Å²) in [4.78, 5) is 16.1. The molecule has 0 spiro atoms. The van der Waals surface area contributed by atoms with Crippen LogP contribution in [0.1, 0.15) is 42.5 Å². The Labute approximate surface area is 131 Å². The number of nitrogens with one attached hydrogen (secondary N) is 2. The molecule has 0 fully saturated rings. The number of nitrogens with zero attached hydrogens (tertiary/aromatic N) is 3. The first kappa shape index (κ1) is 16.3. The fourth-order valence-electron chi connectivity index (χ4n) is 2.60. The van der Waals surface area contributed by atoms with Gasteiger partial charge in [0.15, 0.2) is 0 Å². The molecule has 0 saturated carbocycles. The maximum Gasteiger partial charge on any atom is 0.221 e. The summed E-state index contributed by atoms with van der Waals surface area (Å²) in [6.45, 7) is 7.50. The predicted octanol–water partition coefficient (Wildman–Crippen LogP) is 1.92. The second kappa shape index (κ2) is 7.77. The van der Waals surface area contributed by atoms with Gasteiger partial charge in [0.2, 0.25) is 5.91 Å². The Morgan fingerprint density at radius 3 is 2.91 bits per heavy atom. The highest BCUT2D eigenvalue weighted by Gasteiger charge is 2.07. The Kier molecular flexibility index (Phi) is 5.75. The molecule has 6 nitrogen and oxygen atoms in total. The zero-order valence-electron chi connectivity index (χ0n) is 13.6. The number of amides is 1. The van der Waals surface area contributed by atoms with Gasteiger partial charge in [0.05, 0.1) is 5.69 Å². The van der Waals surface area contributed by atoms with Crippen LogP contribution < -0.4 is 5.32 Å². The van der Waals surface area contributed by atoms with Crippen LogP contribution in [-0.4, -0.2) is 32.2 Å². The number of carbonyl (C=O) groups excluding carboxylic acids is 1. The van der Waals surface area contributed by atoms with E-state index in [2.05, 4.69) is 27.4 Å². The summed E-state index contributed by atoms with van der Waals surface area (Å²) in [6, 6.07) is 0. The third-order valence-corrected chi connectivity index (χ3v) is 3.90. The minimum atomic E-state index is 0.0939. The third kappa shape index (κ3) is 4.19. The van der Waals surface area contributed by atoms with Gasteiger partial charge in [-0.25, -0.2) is 4.98 Å². The van der Waals surface area contributed by atoms with E-state index in [1.807, 2.05) is 24.6 Å². The van der Waals surface area contributed by atoms with Gasteiger partial charge in [-0.2, -0.15) is 5.10 Å². The van der Waals surface area contributed by atoms with Crippen LogP contribution in [0, 0.1) is 13.8 Å². The van der Waals surface area contributed by atoms with Crippen molar-refractivity contribution < 1.29 is 4.79 Å². The Balaban J connectivity index is 1.66. The number of carbonyl (C=O) groups is 1. The standard InChI is InChI=1S/C16H25N5O/c1-4-15-17-9-11-21(15)10-7-16(22)18-8-5-6-14-12(2)19-20-13(14)3/h9,11H,4-8,10H2,1-3H3,(H,18,22)(H,19,20). The molecular weight excluding hydrogens is 278 g/mol. The number of H-pyrrole nitrogens is 1. The number of hydrogen-bond donors (Lipinski definition) is 2. The van der Waals surface area contributed by atoms with Gasteiger partial charge in [0.25, 0.3) is 0 Å². The molecule has 0 atom stereocenters. The van der Waals surface area contributed by atoms with Gasteiger partial charge in [-0.3, -0.25) is 9.89 Å². The molecular formula is C16H25N5O. The molecule has 2 rings (SSSR count). The van der Waals surface area contributed by atoms with E-state index in [0.717, 1.165) is 36.5 Å². The summed E-state index contributed by atoms with van der Waals surface area (Å²) in [5.41, 5.74) is 3.44. The molecule has 0 saturated heterocycles. The van der Waals surface area contributed by atoms with Crippen LogP contribution in [0.3, 0.4) is 0 Å². The lowest BCUT2D eigenvalue weighted by Crippen LogP contribution is -2.26. The molecule has 0 aromatic carbocycles. The first-order valence-electron chi connectivity index (χ1n) is 7.89. The molecule has 0 bridgehead atoms. The summed E-state index contributed by atoms with van der Waals surface area (Å²) < 4.78 is 2.04. The van der Waals surface area contributed by atoms with Gasteiger partial charge in [0, 0.05) is 44.0 Å². The van der Waals surface area contributed by atoms with E-state index in [9.17, 15) is 4.79 Å². The Morgan fingerprint density at radius 2 is 2.23 bits per heavy atom. The van der Waals surface area contributed by atoms with Gasteiger partial charge < -0.3 is 9.88 Å². The zero-order chi connectivity index (χ0) is 15.9. The van der Waals surface area contributed by atoms with E-state index >= 15 is 0 Å². The third-order valence-electron chi connectivity index (χ3n) is 3.90. The van der Waals surface area contributed by atoms with Crippen molar-refractivity contribution in [3.63, 3.8) is 0 Å². The molecule has 0 aliphatic heterocycles. The van der Waals surface area contributed by atoms with Crippen molar-refractivity contribution >= 4 is 5.91 Å². The molecule has 120 valence electrons. The Bertz CT molecular complexity index is 594. The molecule has 0 radical (unpaired) electrons. The van der Waals surface area contributed by atoms with Crippen LogP contribution in [0.15, 0.2) is 12.4 Å². The lowest BCUT2D eigenvalue weighted by atomic mass is 10.1. The maximum absolute atomic E-state index is 11.9. The van der Waals surface area contributed by atoms with Crippen molar-refractivity contribution in [2.24, 2.45) is 0 Å². The van der Waals surface area contributed by atoms with Crippen molar-refractivity contribution in [1.29, 1.82) is 0 Å². The Hall–Kier alpha value is -2.11. The summed E-state index contributed by atoms with van der Waals surface area (Å²) >= 11 is 0. The normalized spacial score (nSPS) is 10.9. The van der Waals surface area contributed by atoms with Gasteiger partial charge >= 0.3 is 0 Å². The van der Waals surface area contributed by atoms with Crippen LogP contribution in [0.2, 0.25) is 0 Å². The van der Waals surface area contributed by atoms with Crippen LogP contribution >= 0.6 is 0 Å². The van der Waals surface area contributed by atoms with E-state index in [4.69, 9.17) is 0 Å². The largest absolute Gasteiger partial charge is 0.356 e. The number of aromatic nitrogens is 4. The molecule has 2 N–H and O–H groups in total. The van der Waals surface area contributed by atoms with Crippen LogP contribution in [0.5, 0.6) is 0 Å². The lowest BCUT2D eigenvalue weighted by molar-refractivity contribution is -0.121. The second-order valence-electron chi connectivity index (χ2n) is 5.51. The molecule has 2 aromatic heterocycles. The monoisotopic (exact) mass is 303 g/mol. The summed E-state index contributed by atoms with van der Waals surface area (Å²) in [5.74, 6) is 1.12. The number of imidazole rings is 1. The fourth-order valence-corrected chi connectivity index (χ4v) is 2.60. The molecule has 0 aliphatic rings. The Morgan fingerprint density at radius 1 is 1.41 bits per heavy atom. The molecule has 6 heteroatoms. The summed E-state index contributed by atoms with van der Waals surface area (Å²) in [6.07, 6.45) is 6.96. The highest BCUT2D eigenvalue weighted by Crippen LogP contribution is 2.11. The highest BCUT2D eigenvalue weighted by atomic mass is 16.1. The maximum atomic E-state index is 11.9. The zero-order valence-corrected chi connectivity index (χ0v) is 13.6. The van der Waals surface area contributed by atoms with Crippen molar-refractivity contribution in [2.45, 2.75) is 53.0 Å². The van der Waals surface area contributed by atoms with E-state index < -0.39 is 0 Å². The average molecular weight is 303 g/mol. The topological polar surface area (TPSA) is 75.6 Å². The molecule has 22 heavy (non-hydrogen) atoms. The van der Waals surface area contributed by atoms with Crippen molar-refractivity contribution in [2.75, 3.05) is 6.54 Å². The summed E-state index contributed by atoms with van der Waals surface area (Å²) in [5, 5.41) is 10.2. The van der Waals surface area contributed by atoms with Crippen molar-refractivity contribution in [3.8, 4) is 0 Å². The van der Waals surface area contributed by atoms with Crippen molar-refractivity contribution in [3.05, 3.63) is 35.2 Å². The first-order chi connectivity index (χ1) is 10.6. The van der Waals surface area contributed by atoms with Crippen LogP contribution in [-0.2, 0) is 24.2 Å². The first-order valence-corrected chi connectivity index (χ1v) is 7.89. The number of rotatable bonds is 8. The molecule has 2 heterocycles. The van der Waals surface area contributed by atoms with Crippen LogP contribution in [0.4, 0.5) is 0 Å². The molecule has 2 aromatic rings. The van der Waals surface area contributed by atoms with E-state index in [1.54, 1.807) is 6.20 Å². The summed E-state index contributed by atoms with van der Waals surface area (Å²) in [7, 11) is 0. The van der Waals surface area contributed by atoms with E-state index in [0.29, 0.717) is 19.5 Å². The van der Waals surface area contributed by atoms with E-state index in [1.165, 1.54) is 5.56 Å². The van der Waals surface area contributed by atoms with Gasteiger partial charge in [0.1, 0.15) is 5.82 Å². The average Bonchev–Trinajstić information content (AvgIpc) is 3.09. The number of aromatic amines is 1. The smallest absolute Gasteiger partial charge is 0.221 e. The number of hydrogen-bond acceptors (Lipinski definition) is 3. The van der Waals surface area contributed by atoms with Gasteiger partial charge in [-0.05, 0) is 32.3 Å². The highest BCUT2D eigenvalue weighted by molar-refractivity contribution is 5.75. The predicted molar refractivity (Wildman–Crippen MR) is 85.6 cm³/mol. The second-order valence-corrected chi connectivity index (χ2v) is 5.51. The van der Waals surface area contributed by atoms with Crippen molar-refractivity contribution in [1.82, 2.24) is 25.1 Å². The van der Waals surface area contributed by atoms with Gasteiger partial charge in [-0.1, -0.05) is 6.92 Å². The van der Waals surface area contributed by atoms with Crippen LogP contribution in [0.25, 0.3) is 0 Å². The SMILES string of the molecule is CCc1nccn1CCC(=O)NCCCc1c(C)n[nH]c1C. The quantitative estimate of drug-likeness (QED) is 0.732. The fraction of sp³-hybridized carbons (Fsp3) is 0.562. The molecule has 1 amide bonds. The molecule has 0 unspecified atom stereocenters. The number of aryl methyl sites for hydroxylation is 4. The van der Waals surface area contributed by atoms with Gasteiger partial charge in [-0.15, -0.1) is 0 Å².